The van der Waals surface area contributed by atoms with Crippen molar-refractivity contribution in [3.63, 3.8) is 0 Å². The van der Waals surface area contributed by atoms with Gasteiger partial charge in [0, 0.05) is 58.2 Å². The molecule has 3 amide bonds. The van der Waals surface area contributed by atoms with Gasteiger partial charge >= 0.3 is 6.03 Å². The number of nitrogens with one attached hydrogen (secondary N) is 1. The maximum Gasteiger partial charge on any atom is 0.318 e. The molecule has 3 rings (SSSR count). The second-order valence-corrected chi connectivity index (χ2v) is 8.65. The summed E-state index contributed by atoms with van der Waals surface area (Å²) in [6.45, 7) is 8.37. The summed E-state index contributed by atoms with van der Waals surface area (Å²) in [6.07, 6.45) is 10.5. The minimum absolute atomic E-state index is 0.0238. The highest BCUT2D eigenvalue weighted by Crippen LogP contribution is 2.54. The molecule has 1 saturated carbocycles. The van der Waals surface area contributed by atoms with Gasteiger partial charge in [-0.1, -0.05) is 19.6 Å². The van der Waals surface area contributed by atoms with Crippen molar-refractivity contribution in [3.8, 4) is 0 Å². The molecule has 1 aromatic rings. The number of hydrogen-bond acceptors (Lipinski definition) is 4. The fraction of sp³-hybridized carbons (Fsp3) is 0.478. The number of aliphatic imine (C=N–C) groups is 1. The third kappa shape index (κ3) is 5.93. The third-order valence-corrected chi connectivity index (χ3v) is 6.33. The van der Waals surface area contributed by atoms with Gasteiger partial charge in [-0.15, -0.1) is 0 Å². The fourth-order valence-corrected chi connectivity index (χ4v) is 3.86. The van der Waals surface area contributed by atoms with E-state index in [-0.39, 0.29) is 23.8 Å². The fourth-order valence-electron chi connectivity index (χ4n) is 3.86. The number of carbonyl (C=O) groups excluding carboxylic acids is 2. The Labute approximate surface area is 183 Å². The number of amidine groups is 1. The van der Waals surface area contributed by atoms with E-state index in [1.54, 1.807) is 17.2 Å². The molecule has 31 heavy (non-hydrogen) atoms. The van der Waals surface area contributed by atoms with Crippen LogP contribution in [0.2, 0.25) is 0 Å². The van der Waals surface area contributed by atoms with Crippen LogP contribution in [0.3, 0.4) is 0 Å². The SMILES string of the molecule is C=C/C(N)=N\C=C\CC(=O)N(C)CCC1(C)CC1CNC(=O)N1Cc2ccncc2C1. The highest BCUT2D eigenvalue weighted by molar-refractivity contribution is 5.91. The predicted molar refractivity (Wildman–Crippen MR) is 121 cm³/mol. The van der Waals surface area contributed by atoms with E-state index < -0.39 is 0 Å². The topological polar surface area (TPSA) is 104 Å². The zero-order chi connectivity index (χ0) is 22.4. The minimum Gasteiger partial charge on any atom is -0.384 e. The Kier molecular flexibility index (Phi) is 7.09. The molecule has 0 spiro atoms. The lowest BCUT2D eigenvalue weighted by molar-refractivity contribution is -0.129. The Morgan fingerprint density at radius 2 is 2.23 bits per heavy atom. The summed E-state index contributed by atoms with van der Waals surface area (Å²) in [5, 5.41) is 3.08. The lowest BCUT2D eigenvalue weighted by Crippen LogP contribution is -2.38. The molecular weight excluding hydrogens is 392 g/mol. The lowest BCUT2D eigenvalue weighted by Gasteiger charge is -2.20. The van der Waals surface area contributed by atoms with Crippen LogP contribution in [0.4, 0.5) is 4.79 Å². The van der Waals surface area contributed by atoms with Crippen LogP contribution in [0.25, 0.3) is 0 Å². The summed E-state index contributed by atoms with van der Waals surface area (Å²) in [4.78, 5) is 36.4. The van der Waals surface area contributed by atoms with E-state index in [0.29, 0.717) is 37.9 Å². The molecule has 2 aliphatic rings. The third-order valence-electron chi connectivity index (χ3n) is 6.33. The molecule has 0 radical (unpaired) electrons. The Morgan fingerprint density at radius 1 is 1.45 bits per heavy atom. The Balaban J connectivity index is 1.35. The van der Waals surface area contributed by atoms with Crippen molar-refractivity contribution >= 4 is 17.8 Å². The predicted octanol–water partition coefficient (Wildman–Crippen LogP) is 2.43. The van der Waals surface area contributed by atoms with Gasteiger partial charge in [-0.3, -0.25) is 9.78 Å². The van der Waals surface area contributed by atoms with E-state index in [2.05, 4.69) is 28.8 Å². The molecule has 1 fully saturated rings. The van der Waals surface area contributed by atoms with E-state index in [9.17, 15) is 9.59 Å². The van der Waals surface area contributed by atoms with Gasteiger partial charge in [0.05, 0.1) is 0 Å². The molecule has 2 atom stereocenters. The quantitative estimate of drug-likeness (QED) is 0.469. The van der Waals surface area contributed by atoms with Crippen molar-refractivity contribution < 1.29 is 9.59 Å². The number of urea groups is 1. The molecule has 2 unspecified atom stereocenters. The van der Waals surface area contributed by atoms with Crippen LogP contribution in [0.1, 0.15) is 37.3 Å². The smallest absolute Gasteiger partial charge is 0.318 e. The summed E-state index contributed by atoms with van der Waals surface area (Å²) in [5.74, 6) is 0.812. The van der Waals surface area contributed by atoms with Gasteiger partial charge in [0.2, 0.25) is 5.91 Å². The number of fused-ring (bicyclic) bond motifs is 1. The van der Waals surface area contributed by atoms with Crippen LogP contribution in [-0.2, 0) is 17.9 Å². The zero-order valence-corrected chi connectivity index (χ0v) is 18.4. The van der Waals surface area contributed by atoms with E-state index in [0.717, 1.165) is 18.4 Å². The largest absolute Gasteiger partial charge is 0.384 e. The molecule has 1 aliphatic heterocycles. The molecule has 0 bridgehead atoms. The average molecular weight is 425 g/mol. The summed E-state index contributed by atoms with van der Waals surface area (Å²) < 4.78 is 0. The van der Waals surface area contributed by atoms with Gasteiger partial charge in [-0.25, -0.2) is 9.79 Å². The molecule has 0 aromatic carbocycles. The molecule has 166 valence electrons. The average Bonchev–Trinajstić information content (AvgIpc) is 3.21. The number of nitrogens with two attached hydrogens (primary N) is 1. The zero-order valence-electron chi connectivity index (χ0n) is 18.4. The van der Waals surface area contributed by atoms with Gasteiger partial charge in [0.25, 0.3) is 0 Å². The van der Waals surface area contributed by atoms with Gasteiger partial charge in [-0.2, -0.15) is 0 Å². The molecule has 8 heteroatoms. The van der Waals surface area contributed by atoms with Gasteiger partial charge in [0.1, 0.15) is 5.84 Å². The maximum atomic E-state index is 12.5. The number of amides is 3. The highest BCUT2D eigenvalue weighted by Gasteiger charge is 2.49. The molecule has 1 aromatic heterocycles. The van der Waals surface area contributed by atoms with E-state index >= 15 is 0 Å². The highest BCUT2D eigenvalue weighted by atomic mass is 16.2. The number of hydrogen-bond donors (Lipinski definition) is 2. The van der Waals surface area contributed by atoms with E-state index in [1.165, 1.54) is 17.8 Å². The number of carbonyl (C=O) groups is 2. The van der Waals surface area contributed by atoms with Crippen molar-refractivity contribution in [2.24, 2.45) is 22.1 Å². The first-order valence-electron chi connectivity index (χ1n) is 10.6. The Hall–Kier alpha value is -3.16. The number of pyridine rings is 1. The summed E-state index contributed by atoms with van der Waals surface area (Å²) >= 11 is 0. The molecular formula is C23H32N6O2. The van der Waals surface area contributed by atoms with Crippen LogP contribution < -0.4 is 11.1 Å². The second-order valence-electron chi connectivity index (χ2n) is 8.65. The van der Waals surface area contributed by atoms with Crippen molar-refractivity contribution in [1.82, 2.24) is 20.1 Å². The van der Waals surface area contributed by atoms with E-state index in [4.69, 9.17) is 5.73 Å². The molecule has 1 aliphatic carbocycles. The molecule has 0 saturated heterocycles. The number of nitrogens with zero attached hydrogens (tertiary/aromatic N) is 4. The van der Waals surface area contributed by atoms with E-state index in [1.807, 2.05) is 24.2 Å². The summed E-state index contributed by atoms with van der Waals surface area (Å²) in [7, 11) is 1.82. The molecule has 3 N–H and O–H groups in total. The summed E-state index contributed by atoms with van der Waals surface area (Å²) in [6, 6.07) is 1.95. The first kappa shape index (κ1) is 22.5. The number of rotatable bonds is 9. The first-order chi connectivity index (χ1) is 14.8. The monoisotopic (exact) mass is 424 g/mol. The van der Waals surface area contributed by atoms with Crippen LogP contribution in [0.15, 0.2) is 48.4 Å². The van der Waals surface area contributed by atoms with Crippen LogP contribution in [-0.4, -0.2) is 52.7 Å². The first-order valence-corrected chi connectivity index (χ1v) is 10.6. The molecule has 2 heterocycles. The van der Waals surface area contributed by atoms with Crippen molar-refractivity contribution in [3.05, 3.63) is 54.5 Å². The maximum absolute atomic E-state index is 12.5. The van der Waals surface area contributed by atoms with Crippen molar-refractivity contribution in [2.45, 2.75) is 39.3 Å². The van der Waals surface area contributed by atoms with Crippen molar-refractivity contribution in [2.75, 3.05) is 20.1 Å². The van der Waals surface area contributed by atoms with Crippen molar-refractivity contribution in [1.29, 1.82) is 0 Å². The van der Waals surface area contributed by atoms with Gasteiger partial charge in [0.15, 0.2) is 0 Å². The molecule has 8 nitrogen and oxygen atoms in total. The van der Waals surface area contributed by atoms with Crippen LogP contribution in [0, 0.1) is 11.3 Å². The standard InChI is InChI=1S/C23H32N6O2/c1-4-20(24)26-9-5-6-21(30)28(3)11-8-23(2)12-19(23)14-27-22(31)29-15-17-7-10-25-13-18(17)16-29/h4-5,7,9-10,13,19H,1,6,8,11-12,14-16H2,2-3H3,(H2,24,26)(H,27,31)/b9-5+. The minimum atomic E-state index is -0.0238. The Bertz CT molecular complexity index is 871. The lowest BCUT2D eigenvalue weighted by atomic mass is 10.0. The second kappa shape index (κ2) is 9.76. The normalized spacial score (nSPS) is 22.3. The van der Waals surface area contributed by atoms with Crippen LogP contribution in [0.5, 0.6) is 0 Å². The number of aromatic nitrogens is 1. The Morgan fingerprint density at radius 3 is 2.97 bits per heavy atom. The summed E-state index contributed by atoms with van der Waals surface area (Å²) in [5.41, 5.74) is 7.97. The van der Waals surface area contributed by atoms with Gasteiger partial charge in [-0.05, 0) is 47.4 Å². The van der Waals surface area contributed by atoms with Crippen LogP contribution >= 0.6 is 0 Å². The van der Waals surface area contributed by atoms with Gasteiger partial charge < -0.3 is 20.9 Å².